The molecule has 7 unspecified atom stereocenters. The SMILES string of the molecule is CC1CCC(CN2C(=O)N(C3NNC(C)S3)C3CC(S(=O)(=O)NC4(C)CC4)CCC32)S1. The van der Waals surface area contributed by atoms with Crippen LogP contribution in [-0.4, -0.2) is 75.0 Å². The molecule has 0 aromatic heterocycles. The number of carbonyl (C=O) groups is 1. The molecule has 3 saturated heterocycles. The van der Waals surface area contributed by atoms with Crippen molar-refractivity contribution in [1.29, 1.82) is 0 Å². The van der Waals surface area contributed by atoms with Gasteiger partial charge in [0.25, 0.3) is 0 Å². The Morgan fingerprint density at radius 3 is 2.48 bits per heavy atom. The van der Waals surface area contributed by atoms with Crippen molar-refractivity contribution in [2.75, 3.05) is 6.54 Å². The quantitative estimate of drug-likeness (QED) is 0.527. The van der Waals surface area contributed by atoms with Crippen LogP contribution in [0.25, 0.3) is 0 Å². The van der Waals surface area contributed by atoms with E-state index >= 15 is 0 Å². The fraction of sp³-hybridized carbons (Fsp3) is 0.950. The topological polar surface area (TPSA) is 93.8 Å². The Morgan fingerprint density at radius 1 is 1.10 bits per heavy atom. The Kier molecular flexibility index (Phi) is 6.00. The minimum atomic E-state index is -3.39. The molecule has 7 atom stereocenters. The zero-order chi connectivity index (χ0) is 22.0. The monoisotopic (exact) mass is 489 g/mol. The second-order valence-electron chi connectivity index (χ2n) is 10.2. The standard InChI is InChI=1S/C20H35N5O3S3/c1-12-4-5-14(29-12)11-24-16-7-6-15(31(27,28)23-20(3)8-9-20)10-17(16)25(19(24)26)18-22-21-13(2)30-18/h12-18,21-23H,4-11H2,1-3H3. The number of rotatable bonds is 6. The summed E-state index contributed by atoms with van der Waals surface area (Å²) in [6.07, 6.45) is 6.07. The summed E-state index contributed by atoms with van der Waals surface area (Å²) in [7, 11) is -3.39. The smallest absolute Gasteiger partial charge is 0.318 e. The van der Waals surface area contributed by atoms with Gasteiger partial charge in [-0.1, -0.05) is 6.92 Å². The van der Waals surface area contributed by atoms with Crippen LogP contribution in [0.1, 0.15) is 65.7 Å². The normalized spacial score (nSPS) is 42.3. The minimum absolute atomic E-state index is 0.0659. The largest absolute Gasteiger partial charge is 0.322 e. The van der Waals surface area contributed by atoms with Gasteiger partial charge in [-0.15, -0.1) is 11.8 Å². The number of hydrogen-bond acceptors (Lipinski definition) is 7. The van der Waals surface area contributed by atoms with E-state index in [0.29, 0.717) is 23.3 Å². The Morgan fingerprint density at radius 2 is 1.87 bits per heavy atom. The molecule has 2 aliphatic carbocycles. The molecule has 0 bridgehead atoms. The van der Waals surface area contributed by atoms with Crippen molar-refractivity contribution in [2.45, 2.75) is 110 Å². The number of thioether (sulfide) groups is 2. The van der Waals surface area contributed by atoms with E-state index in [-0.39, 0.29) is 34.5 Å². The number of amides is 2. The summed E-state index contributed by atoms with van der Waals surface area (Å²) >= 11 is 3.68. The lowest BCUT2D eigenvalue weighted by atomic mass is 9.89. The first-order valence-corrected chi connectivity index (χ1v) is 15.0. The molecule has 5 aliphatic rings. The average molecular weight is 490 g/mol. The van der Waals surface area contributed by atoms with Crippen molar-refractivity contribution >= 4 is 39.6 Å². The van der Waals surface area contributed by atoms with Crippen molar-refractivity contribution < 1.29 is 13.2 Å². The fourth-order valence-corrected chi connectivity index (χ4v) is 9.94. The maximum absolute atomic E-state index is 13.6. The fourth-order valence-electron chi connectivity index (χ4n) is 5.50. The van der Waals surface area contributed by atoms with Crippen LogP contribution in [0.5, 0.6) is 0 Å². The van der Waals surface area contributed by atoms with E-state index < -0.39 is 15.3 Å². The van der Waals surface area contributed by atoms with Crippen molar-refractivity contribution in [1.82, 2.24) is 25.4 Å². The molecule has 2 saturated carbocycles. The lowest BCUT2D eigenvalue weighted by Gasteiger charge is -2.37. The number of urea groups is 1. The van der Waals surface area contributed by atoms with Gasteiger partial charge < -0.3 is 4.90 Å². The highest BCUT2D eigenvalue weighted by Gasteiger charge is 2.54. The number of sulfonamides is 1. The lowest BCUT2D eigenvalue weighted by molar-refractivity contribution is 0.170. The summed E-state index contributed by atoms with van der Waals surface area (Å²) in [6, 6.07) is 0.0947. The van der Waals surface area contributed by atoms with E-state index in [4.69, 9.17) is 0 Å². The maximum Gasteiger partial charge on any atom is 0.322 e. The molecule has 3 N–H and O–H groups in total. The van der Waals surface area contributed by atoms with E-state index in [1.807, 2.05) is 23.6 Å². The van der Waals surface area contributed by atoms with Crippen LogP contribution in [0.15, 0.2) is 0 Å². The second-order valence-corrected chi connectivity index (χ2v) is 15.3. The van der Waals surface area contributed by atoms with Gasteiger partial charge in [0.1, 0.15) is 5.50 Å². The first kappa shape index (κ1) is 22.6. The highest BCUT2D eigenvalue weighted by molar-refractivity contribution is 8.00. The molecular weight excluding hydrogens is 454 g/mol. The van der Waals surface area contributed by atoms with Crippen LogP contribution >= 0.6 is 23.5 Å². The third-order valence-corrected chi connectivity index (χ3v) is 12.2. The van der Waals surface area contributed by atoms with Crippen LogP contribution < -0.4 is 15.6 Å². The van der Waals surface area contributed by atoms with Gasteiger partial charge in [0.05, 0.1) is 22.7 Å². The van der Waals surface area contributed by atoms with Crippen LogP contribution in [0, 0.1) is 0 Å². The summed E-state index contributed by atoms with van der Waals surface area (Å²) in [5.74, 6) is 0. The van der Waals surface area contributed by atoms with E-state index in [0.717, 1.165) is 32.2 Å². The minimum Gasteiger partial charge on any atom is -0.318 e. The van der Waals surface area contributed by atoms with Gasteiger partial charge in [-0.05, 0) is 58.8 Å². The van der Waals surface area contributed by atoms with Crippen LogP contribution in [-0.2, 0) is 10.0 Å². The van der Waals surface area contributed by atoms with Gasteiger partial charge in [-0.3, -0.25) is 4.90 Å². The predicted octanol–water partition coefficient (Wildman–Crippen LogP) is 2.24. The number of nitrogens with zero attached hydrogens (tertiary/aromatic N) is 2. The Hall–Kier alpha value is -0.200. The first-order chi connectivity index (χ1) is 14.7. The number of fused-ring (bicyclic) bond motifs is 1. The molecule has 0 aromatic rings. The molecular formula is C20H35N5O3S3. The zero-order valence-corrected chi connectivity index (χ0v) is 21.0. The molecule has 176 valence electrons. The number of hydrazine groups is 1. The first-order valence-electron chi connectivity index (χ1n) is 11.6. The highest BCUT2D eigenvalue weighted by Crippen LogP contribution is 2.43. The van der Waals surface area contributed by atoms with Crippen LogP contribution in [0.3, 0.4) is 0 Å². The third-order valence-electron chi connectivity index (χ3n) is 7.50. The number of hydrogen-bond donors (Lipinski definition) is 3. The Labute approximate surface area is 194 Å². The van der Waals surface area contributed by atoms with Gasteiger partial charge in [0.15, 0.2) is 0 Å². The van der Waals surface area contributed by atoms with Crippen molar-refractivity contribution in [3.63, 3.8) is 0 Å². The van der Waals surface area contributed by atoms with Gasteiger partial charge in [-0.2, -0.15) is 11.8 Å². The molecule has 0 aromatic carbocycles. The summed E-state index contributed by atoms with van der Waals surface area (Å²) < 4.78 is 29.2. The third kappa shape index (κ3) is 4.47. The summed E-state index contributed by atoms with van der Waals surface area (Å²) in [5.41, 5.74) is 6.04. The molecule has 5 fully saturated rings. The Balaban J connectivity index is 1.36. The molecule has 11 heteroatoms. The Bertz CT molecular complexity index is 823. The summed E-state index contributed by atoms with van der Waals surface area (Å²) in [5, 5.41) is 0.913. The van der Waals surface area contributed by atoms with E-state index in [1.54, 1.807) is 11.8 Å². The highest BCUT2D eigenvalue weighted by atomic mass is 32.2. The van der Waals surface area contributed by atoms with Crippen LogP contribution in [0.4, 0.5) is 4.79 Å². The van der Waals surface area contributed by atoms with Gasteiger partial charge >= 0.3 is 6.03 Å². The molecule has 31 heavy (non-hydrogen) atoms. The van der Waals surface area contributed by atoms with Crippen molar-refractivity contribution in [3.05, 3.63) is 0 Å². The van der Waals surface area contributed by atoms with Crippen molar-refractivity contribution in [3.8, 4) is 0 Å². The second kappa shape index (κ2) is 8.23. The molecule has 0 radical (unpaired) electrons. The predicted molar refractivity (Wildman–Crippen MR) is 126 cm³/mol. The van der Waals surface area contributed by atoms with Gasteiger partial charge in [0, 0.05) is 22.6 Å². The van der Waals surface area contributed by atoms with Gasteiger partial charge in [-0.25, -0.2) is 28.8 Å². The maximum atomic E-state index is 13.6. The average Bonchev–Trinajstić information content (AvgIpc) is 3.03. The molecule has 8 nitrogen and oxygen atoms in total. The van der Waals surface area contributed by atoms with E-state index in [1.165, 1.54) is 6.42 Å². The van der Waals surface area contributed by atoms with E-state index in [2.05, 4.69) is 34.3 Å². The number of carbonyl (C=O) groups excluding carboxylic acids is 1. The number of nitrogens with one attached hydrogen (secondary N) is 3. The molecule has 3 heterocycles. The zero-order valence-electron chi connectivity index (χ0n) is 18.5. The van der Waals surface area contributed by atoms with E-state index in [9.17, 15) is 13.2 Å². The molecule has 0 spiro atoms. The molecule has 2 amide bonds. The summed E-state index contributed by atoms with van der Waals surface area (Å²) in [4.78, 5) is 17.6. The van der Waals surface area contributed by atoms with Crippen LogP contribution in [0.2, 0.25) is 0 Å². The molecule has 5 rings (SSSR count). The van der Waals surface area contributed by atoms with Crippen molar-refractivity contribution in [2.24, 2.45) is 0 Å². The summed E-state index contributed by atoms with van der Waals surface area (Å²) in [6.45, 7) is 7.09. The lowest BCUT2D eigenvalue weighted by Crippen LogP contribution is -2.53. The molecule has 3 aliphatic heterocycles. The van der Waals surface area contributed by atoms with Gasteiger partial charge in [0.2, 0.25) is 10.0 Å².